The Labute approximate surface area is 95.4 Å². The monoisotopic (exact) mass is 219 g/mol. The molecule has 1 unspecified atom stereocenters. The molecular formula is C12H17N3O. The largest absolute Gasteiger partial charge is 0.338 e. The Bertz CT molecular complexity index is 374. The molecule has 0 saturated carbocycles. The predicted octanol–water partition coefficient (Wildman–Crippen LogP) is 1.45. The van der Waals surface area contributed by atoms with Gasteiger partial charge in [-0.05, 0) is 31.0 Å². The van der Waals surface area contributed by atoms with E-state index in [0.29, 0.717) is 6.54 Å². The van der Waals surface area contributed by atoms with Gasteiger partial charge in [-0.1, -0.05) is 12.1 Å². The van der Waals surface area contributed by atoms with Crippen molar-refractivity contribution in [2.24, 2.45) is 5.73 Å². The van der Waals surface area contributed by atoms with Crippen LogP contribution in [-0.4, -0.2) is 18.6 Å². The summed E-state index contributed by atoms with van der Waals surface area (Å²) in [5.74, 6) is 0. The SMILES string of the molecule is CC1CCNC(=O)N1c1ccc(CN)cc1. The summed E-state index contributed by atoms with van der Waals surface area (Å²) in [4.78, 5) is 13.5. The Kier molecular flexibility index (Phi) is 3.10. The molecule has 0 bridgehead atoms. The van der Waals surface area contributed by atoms with Gasteiger partial charge in [-0.3, -0.25) is 4.90 Å². The lowest BCUT2D eigenvalue weighted by atomic mass is 10.1. The minimum Gasteiger partial charge on any atom is -0.338 e. The van der Waals surface area contributed by atoms with Gasteiger partial charge in [0.2, 0.25) is 0 Å². The number of urea groups is 1. The number of rotatable bonds is 2. The van der Waals surface area contributed by atoms with Crippen molar-refractivity contribution in [2.75, 3.05) is 11.4 Å². The van der Waals surface area contributed by atoms with Gasteiger partial charge in [0, 0.05) is 24.8 Å². The molecule has 1 aromatic rings. The van der Waals surface area contributed by atoms with Crippen molar-refractivity contribution in [2.45, 2.75) is 25.9 Å². The van der Waals surface area contributed by atoms with Crippen LogP contribution in [0.3, 0.4) is 0 Å². The number of anilines is 1. The van der Waals surface area contributed by atoms with Gasteiger partial charge in [-0.15, -0.1) is 0 Å². The summed E-state index contributed by atoms with van der Waals surface area (Å²) in [5, 5.41) is 2.85. The number of amides is 2. The molecule has 1 heterocycles. The summed E-state index contributed by atoms with van der Waals surface area (Å²) in [6, 6.07) is 8.05. The van der Waals surface area contributed by atoms with Crippen molar-refractivity contribution in [3.63, 3.8) is 0 Å². The number of hydrogen-bond acceptors (Lipinski definition) is 2. The predicted molar refractivity (Wildman–Crippen MR) is 64.3 cm³/mol. The molecule has 4 heteroatoms. The molecule has 3 N–H and O–H groups in total. The second kappa shape index (κ2) is 4.53. The minimum absolute atomic E-state index is 0.0146. The van der Waals surface area contributed by atoms with Gasteiger partial charge < -0.3 is 11.1 Å². The molecule has 1 aromatic carbocycles. The molecule has 1 aliphatic rings. The standard InChI is InChI=1S/C12H17N3O/c1-9-6-7-14-12(16)15(9)11-4-2-10(8-13)3-5-11/h2-5,9H,6-8,13H2,1H3,(H,14,16). The molecule has 1 fully saturated rings. The zero-order chi connectivity index (χ0) is 11.5. The van der Waals surface area contributed by atoms with E-state index in [1.807, 2.05) is 24.3 Å². The molecule has 0 spiro atoms. The summed E-state index contributed by atoms with van der Waals surface area (Å²) in [6.07, 6.45) is 0.977. The first kappa shape index (κ1) is 11.0. The molecule has 1 saturated heterocycles. The lowest BCUT2D eigenvalue weighted by Crippen LogP contribution is -2.51. The van der Waals surface area contributed by atoms with Gasteiger partial charge in [-0.25, -0.2) is 4.79 Å². The van der Waals surface area contributed by atoms with Crippen molar-refractivity contribution in [3.05, 3.63) is 29.8 Å². The Morgan fingerprint density at radius 3 is 2.69 bits per heavy atom. The van der Waals surface area contributed by atoms with E-state index < -0.39 is 0 Å². The number of hydrogen-bond donors (Lipinski definition) is 2. The highest BCUT2D eigenvalue weighted by Gasteiger charge is 2.25. The fourth-order valence-electron chi connectivity index (χ4n) is 1.97. The van der Waals surface area contributed by atoms with E-state index in [1.165, 1.54) is 0 Å². The number of nitrogens with two attached hydrogens (primary N) is 1. The van der Waals surface area contributed by atoms with Crippen LogP contribution in [0.25, 0.3) is 0 Å². The molecule has 0 aromatic heterocycles. The molecule has 1 aliphatic heterocycles. The average Bonchev–Trinajstić information content (AvgIpc) is 2.30. The quantitative estimate of drug-likeness (QED) is 0.791. The Morgan fingerprint density at radius 1 is 1.44 bits per heavy atom. The number of benzene rings is 1. The molecule has 1 atom stereocenters. The molecule has 86 valence electrons. The number of nitrogens with one attached hydrogen (secondary N) is 1. The fraction of sp³-hybridized carbons (Fsp3) is 0.417. The van der Waals surface area contributed by atoms with E-state index in [0.717, 1.165) is 24.2 Å². The van der Waals surface area contributed by atoms with E-state index in [1.54, 1.807) is 4.90 Å². The second-order valence-corrected chi connectivity index (χ2v) is 4.11. The van der Waals surface area contributed by atoms with Crippen LogP contribution in [0.5, 0.6) is 0 Å². The first-order valence-corrected chi connectivity index (χ1v) is 5.58. The van der Waals surface area contributed by atoms with Crippen molar-refractivity contribution in [1.82, 2.24) is 5.32 Å². The zero-order valence-electron chi connectivity index (χ0n) is 9.44. The first-order chi connectivity index (χ1) is 7.72. The van der Waals surface area contributed by atoms with Gasteiger partial charge in [0.05, 0.1) is 0 Å². The highest BCUT2D eigenvalue weighted by Crippen LogP contribution is 2.21. The van der Waals surface area contributed by atoms with E-state index in [4.69, 9.17) is 5.73 Å². The third kappa shape index (κ3) is 2.02. The fourth-order valence-corrected chi connectivity index (χ4v) is 1.97. The van der Waals surface area contributed by atoms with Crippen molar-refractivity contribution >= 4 is 11.7 Å². The summed E-state index contributed by atoms with van der Waals surface area (Å²) in [7, 11) is 0. The first-order valence-electron chi connectivity index (χ1n) is 5.58. The molecule has 0 radical (unpaired) electrons. The smallest absolute Gasteiger partial charge is 0.322 e. The summed E-state index contributed by atoms with van der Waals surface area (Å²) in [6.45, 7) is 3.36. The van der Waals surface area contributed by atoms with Crippen LogP contribution in [0, 0.1) is 0 Å². The summed E-state index contributed by atoms with van der Waals surface area (Å²) >= 11 is 0. The van der Waals surface area contributed by atoms with Crippen molar-refractivity contribution in [1.29, 1.82) is 0 Å². The molecule has 2 rings (SSSR count). The van der Waals surface area contributed by atoms with Gasteiger partial charge in [0.15, 0.2) is 0 Å². The van der Waals surface area contributed by atoms with Gasteiger partial charge in [-0.2, -0.15) is 0 Å². The number of nitrogens with zero attached hydrogens (tertiary/aromatic N) is 1. The Morgan fingerprint density at radius 2 is 2.12 bits per heavy atom. The van der Waals surface area contributed by atoms with Crippen LogP contribution in [0.2, 0.25) is 0 Å². The Hall–Kier alpha value is -1.55. The maximum Gasteiger partial charge on any atom is 0.322 e. The maximum absolute atomic E-state index is 11.7. The third-order valence-electron chi connectivity index (χ3n) is 2.95. The van der Waals surface area contributed by atoms with Crippen LogP contribution in [-0.2, 0) is 6.54 Å². The summed E-state index contributed by atoms with van der Waals surface area (Å²) < 4.78 is 0. The van der Waals surface area contributed by atoms with Crippen LogP contribution >= 0.6 is 0 Å². The maximum atomic E-state index is 11.7. The third-order valence-corrected chi connectivity index (χ3v) is 2.95. The van der Waals surface area contributed by atoms with Crippen LogP contribution in [0.15, 0.2) is 24.3 Å². The lowest BCUT2D eigenvalue weighted by molar-refractivity contribution is 0.239. The molecular weight excluding hydrogens is 202 g/mol. The lowest BCUT2D eigenvalue weighted by Gasteiger charge is -2.33. The zero-order valence-corrected chi connectivity index (χ0v) is 9.44. The normalized spacial score (nSPS) is 20.8. The average molecular weight is 219 g/mol. The molecule has 2 amide bonds. The molecule has 16 heavy (non-hydrogen) atoms. The van der Waals surface area contributed by atoms with Gasteiger partial charge >= 0.3 is 6.03 Å². The highest BCUT2D eigenvalue weighted by molar-refractivity contribution is 5.93. The number of carbonyl (C=O) groups excluding carboxylic acids is 1. The van der Waals surface area contributed by atoms with Gasteiger partial charge in [0.1, 0.15) is 0 Å². The minimum atomic E-state index is -0.0146. The number of carbonyl (C=O) groups is 1. The molecule has 4 nitrogen and oxygen atoms in total. The van der Waals surface area contributed by atoms with Gasteiger partial charge in [0.25, 0.3) is 0 Å². The Balaban J connectivity index is 2.23. The van der Waals surface area contributed by atoms with Crippen molar-refractivity contribution < 1.29 is 4.79 Å². The van der Waals surface area contributed by atoms with E-state index in [2.05, 4.69) is 12.2 Å². The van der Waals surface area contributed by atoms with Crippen molar-refractivity contribution in [3.8, 4) is 0 Å². The molecule has 0 aliphatic carbocycles. The second-order valence-electron chi connectivity index (χ2n) is 4.11. The highest BCUT2D eigenvalue weighted by atomic mass is 16.2. The van der Waals surface area contributed by atoms with Crippen LogP contribution in [0.1, 0.15) is 18.9 Å². The van der Waals surface area contributed by atoms with Crippen LogP contribution < -0.4 is 16.0 Å². The van der Waals surface area contributed by atoms with Crippen LogP contribution in [0.4, 0.5) is 10.5 Å². The topological polar surface area (TPSA) is 58.4 Å². The van der Waals surface area contributed by atoms with E-state index in [-0.39, 0.29) is 12.1 Å². The summed E-state index contributed by atoms with van der Waals surface area (Å²) in [5.41, 5.74) is 7.55. The van der Waals surface area contributed by atoms with E-state index in [9.17, 15) is 4.79 Å². The van der Waals surface area contributed by atoms with E-state index >= 15 is 0 Å².